The van der Waals surface area contributed by atoms with E-state index in [1.807, 2.05) is 0 Å². The van der Waals surface area contributed by atoms with E-state index < -0.39 is 11.9 Å². The van der Waals surface area contributed by atoms with Gasteiger partial charge in [0.25, 0.3) is 5.56 Å². The molecule has 2 heterocycles. The van der Waals surface area contributed by atoms with Gasteiger partial charge in [-0.05, 0) is 37.7 Å². The van der Waals surface area contributed by atoms with Gasteiger partial charge >= 0.3 is 11.9 Å². The maximum Gasteiger partial charge on any atom is 0.348 e. The first-order valence-corrected chi connectivity index (χ1v) is 10.6. The molecule has 0 unspecified atom stereocenters. The molecule has 8 nitrogen and oxygen atoms in total. The fraction of sp³-hybridized carbons (Fsp3) is 0.600. The molecule has 9 heteroatoms. The Kier molecular flexibility index (Phi) is 7.02. The summed E-state index contributed by atoms with van der Waals surface area (Å²) in [4.78, 5) is 42.5. The molecule has 2 aromatic rings. The van der Waals surface area contributed by atoms with E-state index in [9.17, 15) is 14.4 Å². The molecule has 2 atom stereocenters. The molecule has 0 amide bonds. The fourth-order valence-electron chi connectivity index (χ4n) is 3.60. The summed E-state index contributed by atoms with van der Waals surface area (Å²) >= 11 is 1.10. The zero-order valence-electron chi connectivity index (χ0n) is 16.9. The summed E-state index contributed by atoms with van der Waals surface area (Å²) in [5.41, 5.74) is 0.141. The van der Waals surface area contributed by atoms with Gasteiger partial charge in [-0.15, -0.1) is 11.3 Å². The fourth-order valence-corrected chi connectivity index (χ4v) is 4.63. The summed E-state index contributed by atoms with van der Waals surface area (Å²) < 4.78 is 16.8. The van der Waals surface area contributed by atoms with Crippen molar-refractivity contribution in [1.82, 2.24) is 9.55 Å². The summed E-state index contributed by atoms with van der Waals surface area (Å²) in [6.45, 7) is 4.06. The highest BCUT2D eigenvalue weighted by molar-refractivity contribution is 7.20. The van der Waals surface area contributed by atoms with Gasteiger partial charge in [-0.2, -0.15) is 0 Å². The van der Waals surface area contributed by atoms with Crippen LogP contribution < -0.4 is 5.56 Å². The third-order valence-corrected chi connectivity index (χ3v) is 6.29. The van der Waals surface area contributed by atoms with Crippen molar-refractivity contribution in [3.8, 4) is 0 Å². The number of carbonyl (C=O) groups is 2. The SMILES string of the molecule is COCCOC(=O)c1sc2ncn(CC(=O)O[C@@H]3CCC[C@@H](C)C3)c(=O)c2c1C. The van der Waals surface area contributed by atoms with Crippen LogP contribution in [0.5, 0.6) is 0 Å². The van der Waals surface area contributed by atoms with Gasteiger partial charge in [0.2, 0.25) is 0 Å². The Morgan fingerprint density at radius 1 is 1.31 bits per heavy atom. The van der Waals surface area contributed by atoms with Crippen LogP contribution in [-0.4, -0.2) is 47.9 Å². The van der Waals surface area contributed by atoms with Crippen molar-refractivity contribution < 1.29 is 23.8 Å². The van der Waals surface area contributed by atoms with E-state index in [4.69, 9.17) is 14.2 Å². The van der Waals surface area contributed by atoms with Crippen LogP contribution in [-0.2, 0) is 25.5 Å². The van der Waals surface area contributed by atoms with E-state index in [1.165, 1.54) is 18.0 Å². The molecule has 1 fully saturated rings. The minimum atomic E-state index is -0.515. The lowest BCUT2D eigenvalue weighted by Crippen LogP contribution is -2.30. The molecule has 0 N–H and O–H groups in total. The number of hydrogen-bond donors (Lipinski definition) is 0. The first-order chi connectivity index (χ1) is 13.9. The van der Waals surface area contributed by atoms with Crippen LogP contribution in [0, 0.1) is 12.8 Å². The quantitative estimate of drug-likeness (QED) is 0.500. The third kappa shape index (κ3) is 5.02. The first-order valence-electron chi connectivity index (χ1n) is 9.74. The van der Waals surface area contributed by atoms with Crippen LogP contribution >= 0.6 is 11.3 Å². The van der Waals surface area contributed by atoms with E-state index in [-0.39, 0.29) is 24.8 Å². The summed E-state index contributed by atoms with van der Waals surface area (Å²) in [6, 6.07) is 0. The number of ether oxygens (including phenoxy) is 3. The molecular formula is C20H26N2O6S. The maximum absolute atomic E-state index is 12.9. The highest BCUT2D eigenvalue weighted by Gasteiger charge is 2.24. The van der Waals surface area contributed by atoms with Crippen LogP contribution in [0.4, 0.5) is 0 Å². The Balaban J connectivity index is 1.75. The van der Waals surface area contributed by atoms with Gasteiger partial charge in [0.15, 0.2) is 0 Å². The molecule has 1 aliphatic rings. The first kappa shape index (κ1) is 21.4. The van der Waals surface area contributed by atoms with Gasteiger partial charge in [0.05, 0.1) is 18.3 Å². The van der Waals surface area contributed by atoms with Crippen molar-refractivity contribution in [3.05, 3.63) is 27.1 Å². The van der Waals surface area contributed by atoms with Crippen molar-refractivity contribution in [2.45, 2.75) is 52.2 Å². The Hall–Kier alpha value is -2.26. The van der Waals surface area contributed by atoms with Crippen molar-refractivity contribution in [3.63, 3.8) is 0 Å². The van der Waals surface area contributed by atoms with Crippen molar-refractivity contribution >= 4 is 33.5 Å². The number of methoxy groups -OCH3 is 1. The lowest BCUT2D eigenvalue weighted by molar-refractivity contribution is -0.152. The molecular weight excluding hydrogens is 396 g/mol. The largest absolute Gasteiger partial charge is 0.461 e. The van der Waals surface area contributed by atoms with Crippen molar-refractivity contribution in [2.24, 2.45) is 5.92 Å². The third-order valence-electron chi connectivity index (χ3n) is 5.11. The van der Waals surface area contributed by atoms with Gasteiger partial charge < -0.3 is 14.2 Å². The lowest BCUT2D eigenvalue weighted by atomic mass is 9.89. The highest BCUT2D eigenvalue weighted by atomic mass is 32.1. The van der Waals surface area contributed by atoms with Crippen LogP contribution in [0.25, 0.3) is 10.2 Å². The monoisotopic (exact) mass is 422 g/mol. The molecule has 0 spiro atoms. The van der Waals surface area contributed by atoms with Crippen LogP contribution in [0.1, 0.15) is 47.8 Å². The van der Waals surface area contributed by atoms with Crippen molar-refractivity contribution in [1.29, 1.82) is 0 Å². The number of esters is 2. The van der Waals surface area contributed by atoms with Crippen LogP contribution in [0.3, 0.4) is 0 Å². The number of fused-ring (bicyclic) bond motifs is 1. The predicted molar refractivity (Wildman–Crippen MR) is 108 cm³/mol. The predicted octanol–water partition coefficient (Wildman–Crippen LogP) is 2.69. The second-order valence-electron chi connectivity index (χ2n) is 7.43. The van der Waals surface area contributed by atoms with E-state index in [0.29, 0.717) is 33.2 Å². The molecule has 3 rings (SSSR count). The molecule has 0 aliphatic heterocycles. The molecule has 0 bridgehead atoms. The second-order valence-corrected chi connectivity index (χ2v) is 8.43. The smallest absolute Gasteiger partial charge is 0.348 e. The van der Waals surface area contributed by atoms with Crippen LogP contribution in [0.2, 0.25) is 0 Å². The Bertz CT molecular complexity index is 950. The van der Waals surface area contributed by atoms with Crippen molar-refractivity contribution in [2.75, 3.05) is 20.3 Å². The summed E-state index contributed by atoms with van der Waals surface area (Å²) in [7, 11) is 1.52. The Morgan fingerprint density at radius 2 is 2.10 bits per heavy atom. The maximum atomic E-state index is 12.9. The molecule has 1 saturated carbocycles. The average Bonchev–Trinajstić information content (AvgIpc) is 3.01. The van der Waals surface area contributed by atoms with Gasteiger partial charge in [-0.25, -0.2) is 9.78 Å². The Labute approximate surface area is 172 Å². The minimum Gasteiger partial charge on any atom is -0.461 e. The van der Waals surface area contributed by atoms with E-state index in [0.717, 1.165) is 37.0 Å². The summed E-state index contributed by atoms with van der Waals surface area (Å²) in [5, 5.41) is 0.329. The molecule has 158 valence electrons. The molecule has 0 radical (unpaired) electrons. The van der Waals surface area contributed by atoms with Gasteiger partial charge in [-0.1, -0.05) is 13.3 Å². The molecule has 0 aromatic carbocycles. The van der Waals surface area contributed by atoms with E-state index in [1.54, 1.807) is 6.92 Å². The average molecular weight is 423 g/mol. The standard InChI is InChI=1S/C20H26N2O6S/c1-12-5-4-6-14(9-12)28-15(23)10-22-11-21-18-16(19(22)24)13(2)17(29-18)20(25)27-8-7-26-3/h11-12,14H,4-10H2,1-3H3/t12-,14-/m1/s1. The molecule has 1 aliphatic carbocycles. The Morgan fingerprint density at radius 3 is 2.83 bits per heavy atom. The summed E-state index contributed by atoms with van der Waals surface area (Å²) in [5.74, 6) is -0.420. The number of aromatic nitrogens is 2. The van der Waals surface area contributed by atoms with Gasteiger partial charge in [0.1, 0.15) is 29.0 Å². The number of rotatable bonds is 7. The van der Waals surface area contributed by atoms with E-state index in [2.05, 4.69) is 11.9 Å². The normalized spacial score (nSPS) is 19.3. The number of thiophene rings is 1. The topological polar surface area (TPSA) is 96.7 Å². The summed E-state index contributed by atoms with van der Waals surface area (Å²) in [6.07, 6.45) is 5.16. The second kappa shape index (κ2) is 9.49. The van der Waals surface area contributed by atoms with Gasteiger partial charge in [-0.3, -0.25) is 14.2 Å². The molecule has 29 heavy (non-hydrogen) atoms. The van der Waals surface area contributed by atoms with Gasteiger partial charge in [0, 0.05) is 7.11 Å². The van der Waals surface area contributed by atoms with Crippen LogP contribution in [0.15, 0.2) is 11.1 Å². The minimum absolute atomic E-state index is 0.0880. The highest BCUT2D eigenvalue weighted by Crippen LogP contribution is 2.28. The zero-order valence-corrected chi connectivity index (χ0v) is 17.8. The van der Waals surface area contributed by atoms with E-state index >= 15 is 0 Å². The number of nitrogens with zero attached hydrogens (tertiary/aromatic N) is 2. The molecule has 2 aromatic heterocycles. The zero-order chi connectivity index (χ0) is 21.0. The number of aryl methyl sites for hydroxylation is 1. The molecule has 0 saturated heterocycles. The number of carbonyl (C=O) groups excluding carboxylic acids is 2. The number of hydrogen-bond acceptors (Lipinski definition) is 8. The lowest BCUT2D eigenvalue weighted by Gasteiger charge is -2.26.